The highest BCUT2D eigenvalue weighted by Crippen LogP contribution is 2.48. The van der Waals surface area contributed by atoms with Gasteiger partial charge in [0.05, 0.1) is 0 Å². The number of hydrogen-bond donors (Lipinski definition) is 1. The zero-order chi connectivity index (χ0) is 12.6. The zero-order valence-corrected chi connectivity index (χ0v) is 11.1. The molecule has 0 aromatic carbocycles. The molecule has 0 radical (unpaired) electrons. The molecule has 1 saturated carbocycles. The van der Waals surface area contributed by atoms with E-state index < -0.39 is 0 Å². The Balaban J connectivity index is 1.79. The van der Waals surface area contributed by atoms with E-state index in [4.69, 9.17) is 11.6 Å². The Kier molecular flexibility index (Phi) is 2.86. The summed E-state index contributed by atoms with van der Waals surface area (Å²) in [5.74, 6) is 2.40. The van der Waals surface area contributed by atoms with Crippen LogP contribution in [0.2, 0.25) is 0 Å². The SMILES string of the molecule is Cc1nnc2c(NCC3(CCCl)CC3)nccn12. The van der Waals surface area contributed by atoms with Gasteiger partial charge in [-0.25, -0.2) is 4.98 Å². The number of aryl methyl sites for hydroxylation is 1. The number of hydrogen-bond acceptors (Lipinski definition) is 4. The van der Waals surface area contributed by atoms with Gasteiger partial charge in [-0.15, -0.1) is 21.8 Å². The van der Waals surface area contributed by atoms with Crippen LogP contribution >= 0.6 is 11.6 Å². The summed E-state index contributed by atoms with van der Waals surface area (Å²) in [6.07, 6.45) is 7.22. The molecular formula is C12H16ClN5. The largest absolute Gasteiger partial charge is 0.366 e. The lowest BCUT2D eigenvalue weighted by molar-refractivity contribution is 0.524. The van der Waals surface area contributed by atoms with Crippen molar-refractivity contribution in [2.45, 2.75) is 26.2 Å². The standard InChI is InChI=1S/C12H16ClN5/c1-9-16-17-11-10(14-6-7-18(9)11)15-8-12(2-3-12)4-5-13/h6-7H,2-5,8H2,1H3,(H,14,15). The molecule has 0 saturated heterocycles. The first-order chi connectivity index (χ1) is 8.74. The lowest BCUT2D eigenvalue weighted by Gasteiger charge is -2.14. The van der Waals surface area contributed by atoms with Gasteiger partial charge in [-0.05, 0) is 31.6 Å². The van der Waals surface area contributed by atoms with Crippen LogP contribution in [0.4, 0.5) is 5.82 Å². The maximum atomic E-state index is 5.84. The van der Waals surface area contributed by atoms with Crippen molar-refractivity contribution in [3.8, 4) is 0 Å². The third-order valence-electron chi connectivity index (χ3n) is 3.71. The molecule has 0 amide bonds. The smallest absolute Gasteiger partial charge is 0.203 e. The molecule has 3 rings (SSSR count). The molecule has 5 nitrogen and oxygen atoms in total. The molecule has 2 aromatic rings. The second-order valence-electron chi connectivity index (χ2n) is 5.01. The van der Waals surface area contributed by atoms with Gasteiger partial charge in [-0.2, -0.15) is 0 Å². The molecule has 1 aliphatic carbocycles. The van der Waals surface area contributed by atoms with Crippen molar-refractivity contribution in [2.24, 2.45) is 5.41 Å². The molecule has 2 aromatic heterocycles. The molecule has 0 bridgehead atoms. The Hall–Kier alpha value is -1.36. The predicted molar refractivity (Wildman–Crippen MR) is 71.0 cm³/mol. The van der Waals surface area contributed by atoms with E-state index in [1.807, 2.05) is 17.5 Å². The second-order valence-corrected chi connectivity index (χ2v) is 5.39. The van der Waals surface area contributed by atoms with Gasteiger partial charge in [-0.1, -0.05) is 0 Å². The third-order valence-corrected chi connectivity index (χ3v) is 3.90. The highest BCUT2D eigenvalue weighted by Gasteiger charge is 2.41. The summed E-state index contributed by atoms with van der Waals surface area (Å²) in [6.45, 7) is 2.85. The van der Waals surface area contributed by atoms with Gasteiger partial charge in [0.2, 0.25) is 5.65 Å². The quantitative estimate of drug-likeness (QED) is 0.843. The third kappa shape index (κ3) is 2.03. The van der Waals surface area contributed by atoms with Crippen LogP contribution < -0.4 is 5.32 Å². The van der Waals surface area contributed by atoms with Gasteiger partial charge in [0.15, 0.2) is 5.82 Å². The molecule has 6 heteroatoms. The van der Waals surface area contributed by atoms with Gasteiger partial charge in [0.25, 0.3) is 0 Å². The van der Waals surface area contributed by atoms with Crippen molar-refractivity contribution >= 4 is 23.1 Å². The summed E-state index contributed by atoms with van der Waals surface area (Å²) in [5, 5.41) is 11.6. The number of aromatic nitrogens is 4. The van der Waals surface area contributed by atoms with E-state index in [1.165, 1.54) is 12.8 Å². The molecule has 0 atom stereocenters. The van der Waals surface area contributed by atoms with Crippen LogP contribution in [0, 0.1) is 12.3 Å². The van der Waals surface area contributed by atoms with Gasteiger partial charge >= 0.3 is 0 Å². The van der Waals surface area contributed by atoms with Crippen LogP contribution in [0.25, 0.3) is 5.65 Å². The van der Waals surface area contributed by atoms with E-state index in [-0.39, 0.29) is 0 Å². The molecular weight excluding hydrogens is 250 g/mol. The second kappa shape index (κ2) is 4.39. The number of alkyl halides is 1. The monoisotopic (exact) mass is 265 g/mol. The molecule has 2 heterocycles. The lowest BCUT2D eigenvalue weighted by atomic mass is 10.0. The van der Waals surface area contributed by atoms with Crippen molar-refractivity contribution in [1.29, 1.82) is 0 Å². The molecule has 0 spiro atoms. The summed E-state index contributed by atoms with van der Waals surface area (Å²) >= 11 is 5.84. The number of nitrogens with zero attached hydrogens (tertiary/aromatic N) is 4. The summed E-state index contributed by atoms with van der Waals surface area (Å²) in [4.78, 5) is 4.34. The van der Waals surface area contributed by atoms with Crippen molar-refractivity contribution in [3.05, 3.63) is 18.2 Å². The molecule has 1 fully saturated rings. The minimum Gasteiger partial charge on any atom is -0.366 e. The fourth-order valence-corrected chi connectivity index (χ4v) is 2.63. The summed E-state index contributed by atoms with van der Waals surface area (Å²) < 4.78 is 1.94. The maximum absolute atomic E-state index is 5.84. The number of halogens is 1. The fraction of sp³-hybridized carbons (Fsp3) is 0.583. The van der Waals surface area contributed by atoms with E-state index in [0.29, 0.717) is 5.41 Å². The van der Waals surface area contributed by atoms with E-state index in [9.17, 15) is 0 Å². The Morgan fingerprint density at radius 1 is 1.44 bits per heavy atom. The number of rotatable bonds is 5. The first kappa shape index (κ1) is 11.7. The van der Waals surface area contributed by atoms with Crippen LogP contribution in [0.15, 0.2) is 12.4 Å². The van der Waals surface area contributed by atoms with Crippen LogP contribution in [0.3, 0.4) is 0 Å². The summed E-state index contributed by atoms with van der Waals surface area (Å²) in [7, 11) is 0. The molecule has 18 heavy (non-hydrogen) atoms. The number of fused-ring (bicyclic) bond motifs is 1. The van der Waals surface area contributed by atoms with Crippen molar-refractivity contribution in [3.63, 3.8) is 0 Å². The van der Waals surface area contributed by atoms with Gasteiger partial charge in [0, 0.05) is 24.8 Å². The van der Waals surface area contributed by atoms with E-state index in [0.717, 1.165) is 36.1 Å². The fourth-order valence-electron chi connectivity index (χ4n) is 2.23. The lowest BCUT2D eigenvalue weighted by Crippen LogP contribution is -2.17. The minimum absolute atomic E-state index is 0.380. The summed E-state index contributed by atoms with van der Waals surface area (Å²) in [6, 6.07) is 0. The Bertz CT molecular complexity index is 561. The Morgan fingerprint density at radius 3 is 3.00 bits per heavy atom. The maximum Gasteiger partial charge on any atom is 0.203 e. The van der Waals surface area contributed by atoms with Crippen molar-refractivity contribution in [1.82, 2.24) is 19.6 Å². The molecule has 1 aliphatic rings. The molecule has 96 valence electrons. The van der Waals surface area contributed by atoms with Crippen LogP contribution in [0.5, 0.6) is 0 Å². The van der Waals surface area contributed by atoms with Crippen LogP contribution in [-0.2, 0) is 0 Å². The Labute approximate surface area is 111 Å². The predicted octanol–water partition coefficient (Wildman–Crippen LogP) is 2.25. The van der Waals surface area contributed by atoms with E-state index >= 15 is 0 Å². The summed E-state index contributed by atoms with van der Waals surface area (Å²) in [5.41, 5.74) is 1.17. The van der Waals surface area contributed by atoms with Crippen LogP contribution in [-0.4, -0.2) is 32.0 Å². The topological polar surface area (TPSA) is 55.1 Å². The van der Waals surface area contributed by atoms with Gasteiger partial charge < -0.3 is 5.32 Å². The number of anilines is 1. The Morgan fingerprint density at radius 2 is 2.28 bits per heavy atom. The zero-order valence-electron chi connectivity index (χ0n) is 10.4. The normalized spacial score (nSPS) is 17.0. The molecule has 0 aliphatic heterocycles. The molecule has 1 N–H and O–H groups in total. The van der Waals surface area contributed by atoms with E-state index in [1.54, 1.807) is 6.20 Å². The van der Waals surface area contributed by atoms with Crippen LogP contribution in [0.1, 0.15) is 25.1 Å². The van der Waals surface area contributed by atoms with Crippen molar-refractivity contribution < 1.29 is 0 Å². The number of nitrogens with one attached hydrogen (secondary N) is 1. The molecule has 0 unspecified atom stereocenters. The highest BCUT2D eigenvalue weighted by molar-refractivity contribution is 6.17. The highest BCUT2D eigenvalue weighted by atomic mass is 35.5. The average molecular weight is 266 g/mol. The first-order valence-electron chi connectivity index (χ1n) is 6.20. The van der Waals surface area contributed by atoms with E-state index in [2.05, 4.69) is 20.5 Å². The minimum atomic E-state index is 0.380. The van der Waals surface area contributed by atoms with Gasteiger partial charge in [0.1, 0.15) is 5.82 Å². The average Bonchev–Trinajstić information content (AvgIpc) is 3.04. The van der Waals surface area contributed by atoms with Gasteiger partial charge in [-0.3, -0.25) is 4.40 Å². The van der Waals surface area contributed by atoms with Crippen molar-refractivity contribution in [2.75, 3.05) is 17.7 Å². The first-order valence-corrected chi connectivity index (χ1v) is 6.74.